The number of rotatable bonds is 9. The average molecular weight is 523 g/mol. The molecule has 0 spiro atoms. The summed E-state index contributed by atoms with van der Waals surface area (Å²) in [6.07, 6.45) is -5.45. The van der Waals surface area contributed by atoms with E-state index in [0.717, 1.165) is 12.7 Å². The summed E-state index contributed by atoms with van der Waals surface area (Å²) in [5.41, 5.74) is 5.26. The van der Waals surface area contributed by atoms with Gasteiger partial charge in [-0.2, -0.15) is 8.62 Å². The number of anilines is 1. The Hall–Kier alpha value is -1.56. The van der Waals surface area contributed by atoms with E-state index in [1.54, 1.807) is 0 Å². The molecule has 1 fully saturated rings. The van der Waals surface area contributed by atoms with Crippen LogP contribution in [0.25, 0.3) is 11.2 Å². The van der Waals surface area contributed by atoms with Gasteiger partial charge in [0, 0.05) is 0 Å². The smallest absolute Gasteiger partial charge is 0.394 e. The van der Waals surface area contributed by atoms with Gasteiger partial charge in [-0.1, -0.05) is 0 Å². The summed E-state index contributed by atoms with van der Waals surface area (Å²) in [5, 5.41) is 28.9. The Morgan fingerprint density at radius 1 is 1.09 bits per heavy atom. The predicted molar refractivity (Wildman–Crippen MR) is 96.8 cm³/mol. The van der Waals surface area contributed by atoms with E-state index in [1.165, 1.54) is 0 Å². The van der Waals surface area contributed by atoms with E-state index in [1.807, 2.05) is 0 Å². The first-order valence-corrected chi connectivity index (χ1v) is 12.6. The summed E-state index contributed by atoms with van der Waals surface area (Å²) in [4.78, 5) is 38.2. The number of aliphatic hydroxyl groups excluding tert-OH is 3. The van der Waals surface area contributed by atoms with E-state index >= 15 is 0 Å². The number of imidazole rings is 1. The Labute approximate surface area is 176 Å². The summed E-state index contributed by atoms with van der Waals surface area (Å²) in [7, 11) is -17.0. The Bertz CT molecular complexity index is 1120. The molecule has 19 nitrogen and oxygen atoms in total. The van der Waals surface area contributed by atoms with Crippen LogP contribution < -0.4 is 10.4 Å². The number of nitrogen functional groups attached to an aromatic ring is 1. The molecule has 22 heteroatoms. The normalized spacial score (nSPS) is 27.8. The third-order valence-corrected chi connectivity index (χ3v) is 7.81. The molecule has 8 N–H and O–H groups in total. The van der Waals surface area contributed by atoms with Crippen molar-refractivity contribution in [2.45, 2.75) is 24.6 Å². The minimum Gasteiger partial charge on any atom is -0.394 e. The molecule has 0 saturated carbocycles. The third-order valence-electron chi connectivity index (χ3n) is 3.66. The van der Waals surface area contributed by atoms with Crippen LogP contribution in [-0.4, -0.2) is 80.9 Å². The van der Waals surface area contributed by atoms with Gasteiger partial charge in [-0.25, -0.2) is 33.2 Å². The van der Waals surface area contributed by atoms with Gasteiger partial charge in [0.15, 0.2) is 17.6 Å². The summed E-state index contributed by atoms with van der Waals surface area (Å²) in [6, 6.07) is 0. The lowest BCUT2D eigenvalue weighted by molar-refractivity contribution is -0.127. The largest absolute Gasteiger partial charge is 0.560 e. The number of fused-ring (bicyclic) bond motifs is 1. The van der Waals surface area contributed by atoms with Crippen molar-refractivity contribution in [3.8, 4) is 0 Å². The summed E-state index contributed by atoms with van der Waals surface area (Å²) < 4.78 is 58.9. The van der Waals surface area contributed by atoms with Crippen LogP contribution in [-0.2, 0) is 31.6 Å². The van der Waals surface area contributed by atoms with Crippen LogP contribution in [0.2, 0.25) is 0 Å². The first kappa shape index (κ1) is 25.1. The second kappa shape index (κ2) is 9.00. The van der Waals surface area contributed by atoms with Gasteiger partial charge in [-0.15, -0.1) is 4.73 Å². The fourth-order valence-corrected chi connectivity index (χ4v) is 5.96. The van der Waals surface area contributed by atoms with Crippen molar-refractivity contribution in [1.29, 1.82) is 0 Å². The van der Waals surface area contributed by atoms with E-state index in [2.05, 4.69) is 23.6 Å². The zero-order valence-electron chi connectivity index (χ0n) is 15.3. The van der Waals surface area contributed by atoms with Crippen molar-refractivity contribution < 1.29 is 66.2 Å². The van der Waals surface area contributed by atoms with Crippen LogP contribution in [0.4, 0.5) is 5.82 Å². The Balaban J connectivity index is 1.95. The Kier molecular flexibility index (Phi) is 7.05. The molecule has 1 aliphatic heterocycles. The second-order valence-electron chi connectivity index (χ2n) is 5.96. The van der Waals surface area contributed by atoms with Crippen molar-refractivity contribution in [3.05, 3.63) is 12.7 Å². The number of ether oxygens (including phenoxy) is 1. The van der Waals surface area contributed by atoms with Crippen molar-refractivity contribution >= 4 is 40.4 Å². The number of aromatic nitrogens is 4. The SMILES string of the molecule is Nc1ncnc2c1ncn2OP(=O)(OC1O[C@H](CO)[C@@H](O)[C@H]1O)OP(=O)(O)OP(=O)(O)O. The van der Waals surface area contributed by atoms with E-state index < -0.39 is 54.7 Å². The van der Waals surface area contributed by atoms with Gasteiger partial charge in [0.1, 0.15) is 31.0 Å². The highest BCUT2D eigenvalue weighted by atomic mass is 31.3. The number of aliphatic hydroxyl groups is 3. The molecule has 0 aromatic carbocycles. The van der Waals surface area contributed by atoms with Gasteiger partial charge >= 0.3 is 23.5 Å². The van der Waals surface area contributed by atoms with Gasteiger partial charge < -0.3 is 45.1 Å². The lowest BCUT2D eigenvalue weighted by Gasteiger charge is -2.23. The molecule has 3 unspecified atom stereocenters. The van der Waals surface area contributed by atoms with E-state index in [-0.39, 0.29) is 17.0 Å². The molecule has 6 atom stereocenters. The molecule has 0 aliphatic carbocycles. The summed E-state index contributed by atoms with van der Waals surface area (Å²) >= 11 is 0. The van der Waals surface area contributed by atoms with Crippen LogP contribution in [0.15, 0.2) is 12.7 Å². The molecule has 1 aliphatic rings. The molecular weight excluding hydrogens is 507 g/mol. The summed E-state index contributed by atoms with van der Waals surface area (Å²) in [5.74, 6) is -0.143. The van der Waals surface area contributed by atoms with Gasteiger partial charge in [0.25, 0.3) is 0 Å². The van der Waals surface area contributed by atoms with Gasteiger partial charge in [0.2, 0.25) is 5.65 Å². The van der Waals surface area contributed by atoms with Crippen molar-refractivity contribution in [2.75, 3.05) is 12.3 Å². The van der Waals surface area contributed by atoms with E-state index in [0.29, 0.717) is 4.73 Å². The number of hydrogen-bond acceptors (Lipinski definition) is 15. The van der Waals surface area contributed by atoms with Crippen molar-refractivity contribution in [1.82, 2.24) is 19.7 Å². The zero-order valence-corrected chi connectivity index (χ0v) is 18.0. The minimum atomic E-state index is -5.85. The molecule has 3 rings (SSSR count). The lowest BCUT2D eigenvalue weighted by atomic mass is 10.1. The molecular formula is C10H16N5O14P3. The molecule has 3 heterocycles. The topological polar surface area (TPSA) is 288 Å². The maximum absolute atomic E-state index is 13.1. The molecule has 0 amide bonds. The van der Waals surface area contributed by atoms with E-state index in [4.69, 9.17) is 34.5 Å². The Morgan fingerprint density at radius 2 is 1.78 bits per heavy atom. The standard InChI is InChI=1S/C10H16N5O14P3/c11-8-5-9(13-2-12-8)15(3-14-5)27-32(24,29-31(22,23)28-30(19,20)21)26-10-7(18)6(17)4(1-16)25-10/h2-4,6-7,10,16-18H,1H2,(H,22,23)(H2,11,12,13)(H2,19,20,21)/t4-,6-,7-,10?,32?/m1/s1. The van der Waals surface area contributed by atoms with E-state index in [9.17, 15) is 28.8 Å². The fourth-order valence-electron chi connectivity index (χ4n) is 2.41. The monoisotopic (exact) mass is 523 g/mol. The molecule has 2 aromatic rings. The van der Waals surface area contributed by atoms with Crippen LogP contribution in [0, 0.1) is 0 Å². The minimum absolute atomic E-state index is 0.0781. The van der Waals surface area contributed by atoms with Crippen molar-refractivity contribution in [2.24, 2.45) is 0 Å². The van der Waals surface area contributed by atoms with Gasteiger partial charge in [0.05, 0.1) is 6.61 Å². The molecule has 32 heavy (non-hydrogen) atoms. The molecule has 1 saturated heterocycles. The van der Waals surface area contributed by atoms with Gasteiger partial charge in [-0.3, -0.25) is 0 Å². The molecule has 0 radical (unpaired) electrons. The second-order valence-corrected chi connectivity index (χ2v) is 10.5. The molecule has 180 valence electrons. The first-order chi connectivity index (χ1) is 14.7. The maximum Gasteiger partial charge on any atom is 0.560 e. The van der Waals surface area contributed by atoms with Crippen molar-refractivity contribution in [3.63, 3.8) is 0 Å². The molecule has 2 aromatic heterocycles. The van der Waals surface area contributed by atoms with Crippen LogP contribution in [0.5, 0.6) is 0 Å². The van der Waals surface area contributed by atoms with Crippen LogP contribution in [0.1, 0.15) is 0 Å². The average Bonchev–Trinajstić information content (AvgIpc) is 3.16. The highest BCUT2D eigenvalue weighted by Crippen LogP contribution is 2.67. The quantitative estimate of drug-likeness (QED) is 0.169. The highest BCUT2D eigenvalue weighted by molar-refractivity contribution is 7.66. The summed E-state index contributed by atoms with van der Waals surface area (Å²) in [6.45, 7) is -0.813. The predicted octanol–water partition coefficient (Wildman–Crippen LogP) is -2.37. The van der Waals surface area contributed by atoms with Crippen LogP contribution in [0.3, 0.4) is 0 Å². The lowest BCUT2D eigenvalue weighted by Crippen LogP contribution is -2.34. The third kappa shape index (κ3) is 5.67. The number of nitrogens with zero attached hydrogens (tertiary/aromatic N) is 4. The number of nitrogens with two attached hydrogens (primary N) is 1. The fraction of sp³-hybridized carbons (Fsp3) is 0.500. The zero-order chi connectivity index (χ0) is 23.9. The number of hydrogen-bond donors (Lipinski definition) is 7. The maximum atomic E-state index is 13.1. The first-order valence-electron chi connectivity index (χ1n) is 8.09. The highest BCUT2D eigenvalue weighted by Gasteiger charge is 2.51. The van der Waals surface area contributed by atoms with Crippen LogP contribution >= 0.6 is 23.5 Å². The Morgan fingerprint density at radius 3 is 2.38 bits per heavy atom. The van der Waals surface area contributed by atoms with Gasteiger partial charge in [-0.05, 0) is 0 Å². The molecule has 0 bridgehead atoms. The number of phosphoric acid groups is 3.